The first-order valence-electron chi connectivity index (χ1n) is 12.1. The van der Waals surface area contributed by atoms with Crippen LogP contribution >= 0.6 is 0 Å². The smallest absolute Gasteiger partial charge is 0.241 e. The van der Waals surface area contributed by atoms with Gasteiger partial charge in [-0.2, -0.15) is 0 Å². The molecule has 0 bridgehead atoms. The number of nitrogens with zero attached hydrogens (tertiary/aromatic N) is 6. The quantitative estimate of drug-likeness (QED) is 0.485. The standard InChI is InChI=1S/C24H34N8O3S/c1-15-25-21(19-12-31(5)30-28-19)18-9-17(36(33,34)29-24(4)7-8-24)10-20(22(18)26-15)32-11-16(13-35-6)27-23(2,3)14-32/h9-10,12,16,27,29H,7-8,11,13-14H2,1-6H3/t16-/m1/s1. The van der Waals surface area contributed by atoms with Gasteiger partial charge >= 0.3 is 0 Å². The van der Waals surface area contributed by atoms with Crippen LogP contribution in [0.15, 0.2) is 23.2 Å². The number of hydrogen-bond acceptors (Lipinski definition) is 9. The van der Waals surface area contributed by atoms with Crippen LogP contribution in [0, 0.1) is 6.92 Å². The van der Waals surface area contributed by atoms with Crippen molar-refractivity contribution in [1.29, 1.82) is 0 Å². The normalized spacial score (nSPS) is 21.2. The van der Waals surface area contributed by atoms with Crippen LogP contribution in [0.4, 0.5) is 5.69 Å². The highest BCUT2D eigenvalue weighted by Crippen LogP contribution is 2.39. The van der Waals surface area contributed by atoms with Crippen molar-refractivity contribution in [3.05, 3.63) is 24.2 Å². The molecule has 0 radical (unpaired) electrons. The largest absolute Gasteiger partial charge is 0.383 e. The van der Waals surface area contributed by atoms with Crippen molar-refractivity contribution >= 4 is 26.6 Å². The second-order valence-corrected chi connectivity index (χ2v) is 12.6. The molecule has 3 aromatic rings. The van der Waals surface area contributed by atoms with E-state index in [-0.39, 0.29) is 16.5 Å². The van der Waals surface area contributed by atoms with E-state index >= 15 is 0 Å². The Morgan fingerprint density at radius 2 is 1.97 bits per heavy atom. The highest BCUT2D eigenvalue weighted by atomic mass is 32.2. The van der Waals surface area contributed by atoms with Gasteiger partial charge in [-0.1, -0.05) is 5.21 Å². The third-order valence-electron chi connectivity index (χ3n) is 6.73. The van der Waals surface area contributed by atoms with Crippen LogP contribution in [0.3, 0.4) is 0 Å². The minimum Gasteiger partial charge on any atom is -0.383 e. The molecular formula is C24H34N8O3S. The molecule has 12 heteroatoms. The number of aromatic nitrogens is 5. The summed E-state index contributed by atoms with van der Waals surface area (Å²) in [5.74, 6) is 0.575. The van der Waals surface area contributed by atoms with Gasteiger partial charge in [0, 0.05) is 49.8 Å². The van der Waals surface area contributed by atoms with Crippen molar-refractivity contribution in [2.75, 3.05) is 31.7 Å². The molecule has 11 nitrogen and oxygen atoms in total. The molecular weight excluding hydrogens is 480 g/mol. The summed E-state index contributed by atoms with van der Waals surface area (Å²) in [4.78, 5) is 11.9. The van der Waals surface area contributed by atoms with E-state index in [1.54, 1.807) is 37.2 Å². The van der Waals surface area contributed by atoms with Crippen LogP contribution < -0.4 is 14.9 Å². The molecule has 194 valence electrons. The van der Waals surface area contributed by atoms with Gasteiger partial charge in [0.2, 0.25) is 10.0 Å². The first-order valence-corrected chi connectivity index (χ1v) is 13.6. The molecule has 1 aliphatic carbocycles. The van der Waals surface area contributed by atoms with Crippen LogP contribution in [0.2, 0.25) is 0 Å². The summed E-state index contributed by atoms with van der Waals surface area (Å²) in [6.45, 7) is 9.87. The topological polar surface area (TPSA) is 127 Å². The lowest BCUT2D eigenvalue weighted by molar-refractivity contribution is 0.140. The van der Waals surface area contributed by atoms with Gasteiger partial charge in [-0.05, 0) is 52.7 Å². The second-order valence-electron chi connectivity index (χ2n) is 11.0. The molecule has 2 aromatic heterocycles. The third kappa shape index (κ3) is 4.95. The molecule has 1 aliphatic heterocycles. The SMILES string of the molecule is COC[C@H]1CN(c2cc(S(=O)(=O)NC3(C)CC3)cc3c(-c4cn(C)nn4)nc(C)nc23)CC(C)(C)N1. The molecule has 0 unspecified atom stereocenters. The lowest BCUT2D eigenvalue weighted by atomic mass is 9.97. The molecule has 5 rings (SSSR count). The number of hydrogen-bond donors (Lipinski definition) is 2. The number of sulfonamides is 1. The Labute approximate surface area is 211 Å². The number of nitrogens with one attached hydrogen (secondary N) is 2. The first-order chi connectivity index (χ1) is 16.9. The van der Waals surface area contributed by atoms with Gasteiger partial charge in [-0.3, -0.25) is 4.68 Å². The molecule has 1 aromatic carbocycles. The average molecular weight is 515 g/mol. The Bertz CT molecular complexity index is 1410. The maximum absolute atomic E-state index is 13.5. The maximum Gasteiger partial charge on any atom is 0.241 e. The van der Waals surface area contributed by atoms with Crippen molar-refractivity contribution in [1.82, 2.24) is 35.0 Å². The molecule has 2 N–H and O–H groups in total. The predicted octanol–water partition coefficient (Wildman–Crippen LogP) is 1.77. The summed E-state index contributed by atoms with van der Waals surface area (Å²) in [5.41, 5.74) is 1.94. The summed E-state index contributed by atoms with van der Waals surface area (Å²) >= 11 is 0. The fraction of sp³-hybridized carbons (Fsp3) is 0.583. The van der Waals surface area contributed by atoms with Crippen molar-refractivity contribution in [2.24, 2.45) is 7.05 Å². The Morgan fingerprint density at radius 3 is 2.61 bits per heavy atom. The van der Waals surface area contributed by atoms with E-state index in [9.17, 15) is 8.42 Å². The van der Waals surface area contributed by atoms with E-state index in [0.717, 1.165) is 18.5 Å². The van der Waals surface area contributed by atoms with Gasteiger partial charge in [0.15, 0.2) is 0 Å². The molecule has 2 aliphatic rings. The van der Waals surface area contributed by atoms with E-state index in [1.165, 1.54) is 0 Å². The van der Waals surface area contributed by atoms with Gasteiger partial charge in [-0.25, -0.2) is 23.1 Å². The van der Waals surface area contributed by atoms with Crippen LogP contribution in [-0.2, 0) is 21.8 Å². The minimum atomic E-state index is -3.78. The van der Waals surface area contributed by atoms with Crippen molar-refractivity contribution in [3.8, 4) is 11.4 Å². The Hall–Kier alpha value is -2.67. The van der Waals surface area contributed by atoms with E-state index < -0.39 is 15.6 Å². The number of piperazine rings is 1. The lowest BCUT2D eigenvalue weighted by Crippen LogP contribution is -2.63. The van der Waals surface area contributed by atoms with Crippen molar-refractivity contribution in [3.63, 3.8) is 0 Å². The summed E-state index contributed by atoms with van der Waals surface area (Å²) in [6.07, 6.45) is 3.42. The second kappa shape index (κ2) is 8.72. The third-order valence-corrected chi connectivity index (χ3v) is 8.35. The molecule has 0 amide bonds. The minimum absolute atomic E-state index is 0.0694. The highest BCUT2D eigenvalue weighted by molar-refractivity contribution is 7.89. The highest BCUT2D eigenvalue weighted by Gasteiger charge is 2.42. The van der Waals surface area contributed by atoms with Gasteiger partial charge in [0.25, 0.3) is 0 Å². The van der Waals surface area contributed by atoms with E-state index in [2.05, 4.69) is 44.1 Å². The summed E-state index contributed by atoms with van der Waals surface area (Å²) in [5, 5.41) is 12.6. The molecule has 1 atom stereocenters. The van der Waals surface area contributed by atoms with Crippen molar-refractivity contribution in [2.45, 2.75) is 62.6 Å². The molecule has 2 fully saturated rings. The fourth-order valence-corrected chi connectivity index (χ4v) is 6.46. The molecule has 36 heavy (non-hydrogen) atoms. The number of ether oxygens (including phenoxy) is 1. The summed E-state index contributed by atoms with van der Waals surface area (Å²) < 4.78 is 37.0. The molecule has 0 spiro atoms. The monoisotopic (exact) mass is 514 g/mol. The van der Waals surface area contributed by atoms with Gasteiger partial charge < -0.3 is 15.0 Å². The fourth-order valence-electron chi connectivity index (χ4n) is 4.95. The number of rotatable bonds is 7. The zero-order valence-corrected chi connectivity index (χ0v) is 22.5. The number of anilines is 1. The zero-order chi connectivity index (χ0) is 25.9. The Kier molecular flexibility index (Phi) is 6.05. The number of aryl methyl sites for hydroxylation is 2. The van der Waals surface area contributed by atoms with Crippen LogP contribution in [0.1, 0.15) is 39.4 Å². The lowest BCUT2D eigenvalue weighted by Gasteiger charge is -2.45. The van der Waals surface area contributed by atoms with Gasteiger partial charge in [0.1, 0.15) is 17.2 Å². The number of fused-ring (bicyclic) bond motifs is 1. The van der Waals surface area contributed by atoms with E-state index in [1.807, 2.05) is 13.8 Å². The number of benzene rings is 1. The van der Waals surface area contributed by atoms with Crippen LogP contribution in [0.5, 0.6) is 0 Å². The molecule has 3 heterocycles. The van der Waals surface area contributed by atoms with Crippen LogP contribution in [0.25, 0.3) is 22.3 Å². The van der Waals surface area contributed by atoms with E-state index in [4.69, 9.17) is 9.72 Å². The number of methoxy groups -OCH3 is 1. The van der Waals surface area contributed by atoms with Gasteiger partial charge in [0.05, 0.1) is 28.9 Å². The summed E-state index contributed by atoms with van der Waals surface area (Å²) in [6, 6.07) is 3.48. The molecule has 1 saturated heterocycles. The maximum atomic E-state index is 13.5. The Balaban J connectivity index is 1.73. The van der Waals surface area contributed by atoms with Crippen molar-refractivity contribution < 1.29 is 13.2 Å². The Morgan fingerprint density at radius 1 is 1.22 bits per heavy atom. The predicted molar refractivity (Wildman–Crippen MR) is 137 cm³/mol. The zero-order valence-electron chi connectivity index (χ0n) is 21.7. The molecule has 1 saturated carbocycles. The van der Waals surface area contributed by atoms with E-state index in [0.29, 0.717) is 47.8 Å². The summed E-state index contributed by atoms with van der Waals surface area (Å²) in [7, 11) is -0.309. The average Bonchev–Trinajstić information content (AvgIpc) is 3.32. The van der Waals surface area contributed by atoms with Crippen LogP contribution in [-0.4, -0.2) is 77.3 Å². The van der Waals surface area contributed by atoms with Gasteiger partial charge in [-0.15, -0.1) is 5.10 Å². The first kappa shape index (κ1) is 25.0.